The van der Waals surface area contributed by atoms with Crippen molar-refractivity contribution in [2.45, 2.75) is 60.5 Å². The zero-order valence-corrected chi connectivity index (χ0v) is 31.8. The van der Waals surface area contributed by atoms with Gasteiger partial charge >= 0.3 is 0 Å². The van der Waals surface area contributed by atoms with Crippen LogP contribution < -0.4 is 5.19 Å². The molecule has 0 spiro atoms. The minimum Gasteiger partial charge on any atom is -0.486 e. The molecule has 0 amide bonds. The quantitative estimate of drug-likeness (QED) is 0.128. The van der Waals surface area contributed by atoms with Crippen molar-refractivity contribution in [3.05, 3.63) is 132 Å². The van der Waals surface area contributed by atoms with Crippen molar-refractivity contribution >= 4 is 35.3 Å². The summed E-state index contributed by atoms with van der Waals surface area (Å²) in [4.78, 5) is 13.5. The minimum absolute atomic E-state index is 0. The number of hydrogen-bond acceptors (Lipinski definition) is 4. The van der Waals surface area contributed by atoms with Gasteiger partial charge in [-0.3, -0.25) is 0 Å². The molecule has 4 nitrogen and oxygen atoms in total. The molecular formula is C43H43IrN3OSi-2. The maximum Gasteiger partial charge on any atom is 0.216 e. The molecule has 0 bridgehead atoms. The molecule has 7 aromatic rings. The Morgan fingerprint density at radius 3 is 2.35 bits per heavy atom. The van der Waals surface area contributed by atoms with Gasteiger partial charge in [0.1, 0.15) is 0 Å². The molecule has 0 saturated heterocycles. The van der Waals surface area contributed by atoms with Crippen molar-refractivity contribution in [3.8, 4) is 33.8 Å². The summed E-state index contributed by atoms with van der Waals surface area (Å²) in [6, 6.07) is 33.3. The molecule has 4 heterocycles. The molecule has 0 N–H and O–H groups in total. The van der Waals surface area contributed by atoms with Gasteiger partial charge in [0.25, 0.3) is 0 Å². The Hall–Kier alpha value is -4.22. The molecule has 0 aliphatic carbocycles. The summed E-state index contributed by atoms with van der Waals surface area (Å²) in [5.74, 6) is 0. The zero-order valence-electron chi connectivity index (χ0n) is 36.4. The van der Waals surface area contributed by atoms with Crippen LogP contribution in [0.15, 0.2) is 108 Å². The fraction of sp³-hybridized carbons (Fsp3) is 0.233. The maximum absolute atomic E-state index is 8.75. The Morgan fingerprint density at radius 2 is 1.65 bits per heavy atom. The van der Waals surface area contributed by atoms with E-state index in [-0.39, 0.29) is 42.5 Å². The van der Waals surface area contributed by atoms with Crippen LogP contribution in [0.4, 0.5) is 0 Å². The monoisotopic (exact) mass is 846 g/mol. The van der Waals surface area contributed by atoms with E-state index < -0.39 is 33.6 Å². The van der Waals surface area contributed by atoms with Crippen molar-refractivity contribution in [2.24, 2.45) is 5.41 Å². The van der Waals surface area contributed by atoms with Crippen LogP contribution in [0.5, 0.6) is 0 Å². The van der Waals surface area contributed by atoms with Crippen molar-refractivity contribution in [2.75, 3.05) is 0 Å². The molecule has 4 aromatic heterocycles. The third-order valence-corrected chi connectivity index (χ3v) is 9.72. The second-order valence-electron chi connectivity index (χ2n) is 13.7. The molecule has 0 fully saturated rings. The Bertz CT molecular complexity index is 2510. The number of pyridine rings is 3. The molecule has 3 aromatic carbocycles. The van der Waals surface area contributed by atoms with Gasteiger partial charge in [0.05, 0.1) is 19.4 Å². The van der Waals surface area contributed by atoms with Gasteiger partial charge in [-0.2, -0.15) is 0 Å². The van der Waals surface area contributed by atoms with E-state index in [1.54, 1.807) is 6.07 Å². The standard InChI is InChI=1S/C24H17N2O.C19H26NSi.Ir/c1-15-12-13-25-21(14-15)18-9-8-16(2)22-19-10-11-20(17-6-4-3-5-7-17)26-24(19)27-23(18)22;1-19(2,3)13-16-12-17(15-10-8-7-9-11-15)20-14-18(16)21(4,5)6;/h3-8,10-14H,1-2H3;7-10,12,14H,13H2,1-6H3;/q2*-1;/i1D3,2D3;13D2;. The van der Waals surface area contributed by atoms with Crippen molar-refractivity contribution in [1.29, 1.82) is 0 Å². The third kappa shape index (κ3) is 8.33. The molecular weight excluding hydrogens is 795 g/mol. The summed E-state index contributed by atoms with van der Waals surface area (Å²) in [5.41, 5.74) is 5.02. The molecule has 7 rings (SSSR count). The van der Waals surface area contributed by atoms with Gasteiger partial charge in [0, 0.05) is 54.4 Å². The Balaban J connectivity index is 0.000000229. The summed E-state index contributed by atoms with van der Waals surface area (Å²) in [6.07, 6.45) is 1.87. The first kappa shape index (κ1) is 26.6. The van der Waals surface area contributed by atoms with E-state index in [0.29, 0.717) is 27.7 Å². The van der Waals surface area contributed by atoms with E-state index >= 15 is 0 Å². The molecule has 0 unspecified atom stereocenters. The molecule has 6 heteroatoms. The SMILES string of the molecule is [2H]C([2H])([2H])c1ccnc(-c2[c-]cc(C([2H])([2H])[2H])c3c2oc2nc(-c4ccccc4)ccc23)c1.[2H]C([2H])(c1cc(-c2[c-]cccc2)ncc1[Si](C)(C)C)C(C)(C)C.[Ir]. The smallest absolute Gasteiger partial charge is 0.216 e. The van der Waals surface area contributed by atoms with Gasteiger partial charge in [-0.05, 0) is 53.4 Å². The van der Waals surface area contributed by atoms with Crippen molar-refractivity contribution in [3.63, 3.8) is 0 Å². The number of aromatic nitrogens is 3. The van der Waals surface area contributed by atoms with E-state index in [1.807, 2.05) is 93.7 Å². The second kappa shape index (κ2) is 14.7. The summed E-state index contributed by atoms with van der Waals surface area (Å²) in [7, 11) is -1.70. The van der Waals surface area contributed by atoms with Crippen molar-refractivity contribution < 1.29 is 35.5 Å². The first-order valence-corrected chi connectivity index (χ1v) is 19.4. The summed E-state index contributed by atoms with van der Waals surface area (Å²) in [6.45, 7) is 7.86. The van der Waals surface area contributed by atoms with Crippen LogP contribution in [0, 0.1) is 31.3 Å². The van der Waals surface area contributed by atoms with E-state index in [1.165, 1.54) is 24.4 Å². The van der Waals surface area contributed by atoms with E-state index in [9.17, 15) is 0 Å². The first-order valence-electron chi connectivity index (χ1n) is 19.9. The van der Waals surface area contributed by atoms with Crippen LogP contribution in [-0.2, 0) is 26.5 Å². The predicted molar refractivity (Wildman–Crippen MR) is 203 cm³/mol. The predicted octanol–water partition coefficient (Wildman–Crippen LogP) is 10.8. The second-order valence-corrected chi connectivity index (χ2v) is 18.8. The molecule has 1 radical (unpaired) electrons. The fourth-order valence-corrected chi connectivity index (χ4v) is 6.89. The average Bonchev–Trinajstić information content (AvgIpc) is 3.52. The van der Waals surface area contributed by atoms with Crippen LogP contribution in [0.1, 0.15) is 48.4 Å². The molecule has 0 atom stereocenters. The number of nitrogens with zero attached hydrogens (tertiary/aromatic N) is 3. The number of furan rings is 1. The normalized spacial score (nSPS) is 14.8. The van der Waals surface area contributed by atoms with Crippen LogP contribution >= 0.6 is 0 Å². The van der Waals surface area contributed by atoms with Crippen molar-refractivity contribution in [1.82, 2.24) is 15.0 Å². The topological polar surface area (TPSA) is 51.8 Å². The first-order chi connectivity index (χ1) is 26.1. The van der Waals surface area contributed by atoms with Crippen LogP contribution in [-0.4, -0.2) is 23.0 Å². The Morgan fingerprint density at radius 1 is 0.857 bits per heavy atom. The van der Waals surface area contributed by atoms with E-state index in [0.717, 1.165) is 27.6 Å². The van der Waals surface area contributed by atoms with Gasteiger partial charge in [0.15, 0.2) is 0 Å². The summed E-state index contributed by atoms with van der Waals surface area (Å²) in [5, 5.41) is 2.04. The number of benzene rings is 3. The molecule has 49 heavy (non-hydrogen) atoms. The summed E-state index contributed by atoms with van der Waals surface area (Å²) >= 11 is 0. The minimum atomic E-state index is -2.41. The number of rotatable bonds is 5. The number of fused-ring (bicyclic) bond motifs is 3. The van der Waals surface area contributed by atoms with Gasteiger partial charge in [0.2, 0.25) is 5.71 Å². The average molecular weight is 846 g/mol. The van der Waals surface area contributed by atoms with Gasteiger partial charge in [-0.15, -0.1) is 53.6 Å². The molecule has 0 saturated carbocycles. The van der Waals surface area contributed by atoms with Gasteiger partial charge < -0.3 is 14.4 Å². The fourth-order valence-electron chi connectivity index (χ4n) is 5.49. The van der Waals surface area contributed by atoms with Crippen LogP contribution in [0.25, 0.3) is 55.8 Å². The Kier molecular flexibility index (Phi) is 7.99. The third-order valence-electron chi connectivity index (χ3n) is 7.70. The van der Waals surface area contributed by atoms with Gasteiger partial charge in [-0.25, -0.2) is 4.98 Å². The van der Waals surface area contributed by atoms with Gasteiger partial charge in [-0.1, -0.05) is 112 Å². The van der Waals surface area contributed by atoms with E-state index in [4.69, 9.17) is 15.4 Å². The Labute approximate surface area is 316 Å². The molecule has 251 valence electrons. The van der Waals surface area contributed by atoms with Crippen LogP contribution in [0.3, 0.4) is 0 Å². The largest absolute Gasteiger partial charge is 0.486 e. The molecule has 0 aliphatic heterocycles. The number of aryl methyl sites for hydroxylation is 2. The zero-order chi connectivity index (χ0) is 40.8. The van der Waals surface area contributed by atoms with Crippen LogP contribution in [0.2, 0.25) is 19.6 Å². The maximum atomic E-state index is 8.75. The summed E-state index contributed by atoms with van der Waals surface area (Å²) < 4.78 is 70.7. The number of hydrogen-bond donors (Lipinski definition) is 0. The molecule has 0 aliphatic rings. The van der Waals surface area contributed by atoms with E-state index in [2.05, 4.69) is 46.7 Å².